The summed E-state index contributed by atoms with van der Waals surface area (Å²) in [5.74, 6) is -2.07. The second-order valence-electron chi connectivity index (χ2n) is 2.44. The lowest BCUT2D eigenvalue weighted by Crippen LogP contribution is -2.25. The van der Waals surface area contributed by atoms with Crippen molar-refractivity contribution >= 4 is 11.9 Å². The van der Waals surface area contributed by atoms with Gasteiger partial charge < -0.3 is 9.84 Å². The summed E-state index contributed by atoms with van der Waals surface area (Å²) in [6.07, 6.45) is 0. The molecule has 1 N–H and O–H groups in total. The second kappa shape index (κ2) is 5.60. The fraction of sp³-hybridized carbons (Fsp3) is 0.429. The van der Waals surface area contributed by atoms with Crippen molar-refractivity contribution in [2.75, 3.05) is 6.61 Å². The van der Waals surface area contributed by atoms with E-state index in [-0.39, 0.29) is 5.57 Å². The largest absolute Gasteiger partial charge is 0.481 e. The standard InChI is InChI=1S/C7H9N3O4/c1-4(2)7(13)14-3-5(6(11)12)9-10-8/h5H,1,3H2,2H3,(H,11,12). The van der Waals surface area contributed by atoms with Crippen molar-refractivity contribution in [1.29, 1.82) is 0 Å². The smallest absolute Gasteiger partial charge is 0.333 e. The Morgan fingerprint density at radius 1 is 1.71 bits per heavy atom. The van der Waals surface area contributed by atoms with Crippen LogP contribution >= 0.6 is 0 Å². The van der Waals surface area contributed by atoms with Gasteiger partial charge in [0.15, 0.2) is 6.04 Å². The molecule has 0 heterocycles. The third kappa shape index (κ3) is 4.13. The van der Waals surface area contributed by atoms with E-state index >= 15 is 0 Å². The summed E-state index contributed by atoms with van der Waals surface area (Å²) in [5.41, 5.74) is 8.15. The molecule has 1 unspecified atom stereocenters. The van der Waals surface area contributed by atoms with Crippen LogP contribution in [0.3, 0.4) is 0 Å². The van der Waals surface area contributed by atoms with Crippen LogP contribution in [0.15, 0.2) is 17.3 Å². The third-order valence-corrected chi connectivity index (χ3v) is 1.20. The van der Waals surface area contributed by atoms with E-state index in [9.17, 15) is 9.59 Å². The van der Waals surface area contributed by atoms with Gasteiger partial charge in [0.05, 0.1) is 0 Å². The average Bonchev–Trinajstić information content (AvgIpc) is 2.10. The van der Waals surface area contributed by atoms with Gasteiger partial charge in [0.1, 0.15) is 6.61 Å². The Kier molecular flexibility index (Phi) is 4.80. The fourth-order valence-corrected chi connectivity index (χ4v) is 0.494. The van der Waals surface area contributed by atoms with Gasteiger partial charge in [0, 0.05) is 10.5 Å². The van der Waals surface area contributed by atoms with Crippen LogP contribution in [-0.4, -0.2) is 29.7 Å². The van der Waals surface area contributed by atoms with Gasteiger partial charge in [-0.3, -0.25) is 4.79 Å². The molecule has 0 aliphatic carbocycles. The number of hydrogen-bond donors (Lipinski definition) is 1. The molecule has 7 heteroatoms. The van der Waals surface area contributed by atoms with E-state index < -0.39 is 24.6 Å². The molecule has 0 aromatic rings. The lowest BCUT2D eigenvalue weighted by Gasteiger charge is -2.06. The molecule has 0 radical (unpaired) electrons. The topological polar surface area (TPSA) is 112 Å². The first-order chi connectivity index (χ1) is 6.49. The van der Waals surface area contributed by atoms with E-state index in [0.717, 1.165) is 0 Å². The van der Waals surface area contributed by atoms with Crippen LogP contribution in [0.5, 0.6) is 0 Å². The van der Waals surface area contributed by atoms with Crippen LogP contribution in [-0.2, 0) is 14.3 Å². The Morgan fingerprint density at radius 2 is 2.29 bits per heavy atom. The summed E-state index contributed by atoms with van der Waals surface area (Å²) >= 11 is 0. The van der Waals surface area contributed by atoms with E-state index in [0.29, 0.717) is 0 Å². The van der Waals surface area contributed by atoms with Crippen molar-refractivity contribution in [3.63, 3.8) is 0 Å². The van der Waals surface area contributed by atoms with Gasteiger partial charge >= 0.3 is 11.9 Å². The lowest BCUT2D eigenvalue weighted by atomic mass is 10.3. The summed E-state index contributed by atoms with van der Waals surface area (Å²) in [6.45, 7) is 4.23. The normalized spacial score (nSPS) is 10.9. The molecule has 0 bridgehead atoms. The van der Waals surface area contributed by atoms with E-state index in [1.54, 1.807) is 0 Å². The minimum absolute atomic E-state index is 0.148. The Labute approximate surface area is 79.6 Å². The Hall–Kier alpha value is -2.01. The van der Waals surface area contributed by atoms with Gasteiger partial charge in [-0.25, -0.2) is 4.79 Å². The molecule has 0 saturated carbocycles. The quantitative estimate of drug-likeness (QED) is 0.232. The SMILES string of the molecule is C=C(C)C(=O)OCC(N=[N+]=[N-])C(=O)O. The Bertz CT molecular complexity index is 304. The van der Waals surface area contributed by atoms with Crippen LogP contribution in [0.2, 0.25) is 0 Å². The lowest BCUT2D eigenvalue weighted by molar-refractivity contribution is -0.144. The van der Waals surface area contributed by atoms with Crippen molar-refractivity contribution in [3.05, 3.63) is 22.6 Å². The second-order valence-corrected chi connectivity index (χ2v) is 2.44. The predicted molar refractivity (Wildman–Crippen MR) is 46.3 cm³/mol. The molecule has 0 aromatic carbocycles. The summed E-state index contributed by atoms with van der Waals surface area (Å²) < 4.78 is 4.50. The van der Waals surface area contributed by atoms with Crippen LogP contribution in [0.1, 0.15) is 6.92 Å². The third-order valence-electron chi connectivity index (χ3n) is 1.20. The molecular weight excluding hydrogens is 190 g/mol. The number of carboxylic acids is 1. The summed E-state index contributed by atoms with van der Waals surface area (Å²) in [6, 6.07) is -1.40. The van der Waals surface area contributed by atoms with Gasteiger partial charge in [0.25, 0.3) is 0 Å². The summed E-state index contributed by atoms with van der Waals surface area (Å²) in [7, 11) is 0. The molecule has 14 heavy (non-hydrogen) atoms. The first-order valence-corrected chi connectivity index (χ1v) is 3.58. The Morgan fingerprint density at radius 3 is 2.64 bits per heavy atom. The van der Waals surface area contributed by atoms with E-state index in [1.165, 1.54) is 6.92 Å². The van der Waals surface area contributed by atoms with Crippen LogP contribution in [0.25, 0.3) is 10.4 Å². The minimum atomic E-state index is -1.40. The fourth-order valence-electron chi connectivity index (χ4n) is 0.494. The molecule has 1 atom stereocenters. The molecule has 0 aromatic heterocycles. The molecule has 0 fully saturated rings. The Balaban J connectivity index is 4.20. The highest BCUT2D eigenvalue weighted by atomic mass is 16.5. The highest BCUT2D eigenvalue weighted by Crippen LogP contribution is 1.98. The minimum Gasteiger partial charge on any atom is -0.481 e. The number of carboxylic acid groups (broad SMARTS) is 1. The van der Waals surface area contributed by atoms with Crippen molar-refractivity contribution in [2.45, 2.75) is 13.0 Å². The van der Waals surface area contributed by atoms with Crippen LogP contribution in [0.4, 0.5) is 0 Å². The number of esters is 1. The number of carbonyl (C=O) groups excluding carboxylic acids is 1. The highest BCUT2D eigenvalue weighted by molar-refractivity contribution is 5.87. The summed E-state index contributed by atoms with van der Waals surface area (Å²) in [5, 5.41) is 11.4. The van der Waals surface area contributed by atoms with Crippen molar-refractivity contribution in [1.82, 2.24) is 0 Å². The van der Waals surface area contributed by atoms with E-state index in [4.69, 9.17) is 10.6 Å². The number of azide groups is 1. The van der Waals surface area contributed by atoms with Gasteiger partial charge in [0.2, 0.25) is 0 Å². The summed E-state index contributed by atoms with van der Waals surface area (Å²) in [4.78, 5) is 23.5. The van der Waals surface area contributed by atoms with E-state index in [2.05, 4.69) is 21.3 Å². The maximum absolute atomic E-state index is 10.8. The van der Waals surface area contributed by atoms with Gasteiger partial charge in [-0.05, 0) is 12.5 Å². The van der Waals surface area contributed by atoms with Gasteiger partial charge in [-0.1, -0.05) is 11.7 Å². The molecule has 0 saturated heterocycles. The highest BCUT2D eigenvalue weighted by Gasteiger charge is 2.17. The molecule has 0 rings (SSSR count). The van der Waals surface area contributed by atoms with Crippen molar-refractivity contribution in [2.24, 2.45) is 5.11 Å². The van der Waals surface area contributed by atoms with Crippen LogP contribution < -0.4 is 0 Å². The zero-order chi connectivity index (χ0) is 11.1. The number of hydrogen-bond acceptors (Lipinski definition) is 4. The number of carbonyl (C=O) groups is 2. The monoisotopic (exact) mass is 199 g/mol. The van der Waals surface area contributed by atoms with Crippen molar-refractivity contribution in [3.8, 4) is 0 Å². The maximum Gasteiger partial charge on any atom is 0.333 e. The number of rotatable bonds is 5. The van der Waals surface area contributed by atoms with Gasteiger partial charge in [-0.2, -0.15) is 0 Å². The first kappa shape index (κ1) is 12.0. The molecule has 0 amide bonds. The zero-order valence-electron chi connectivity index (χ0n) is 7.51. The molecule has 0 spiro atoms. The van der Waals surface area contributed by atoms with Gasteiger partial charge in [-0.15, -0.1) is 0 Å². The van der Waals surface area contributed by atoms with Crippen molar-refractivity contribution < 1.29 is 19.4 Å². The average molecular weight is 199 g/mol. The molecule has 76 valence electrons. The number of ether oxygens (including phenoxy) is 1. The predicted octanol–water partition coefficient (Wildman–Crippen LogP) is 0.869. The van der Waals surface area contributed by atoms with Crippen LogP contribution in [0, 0.1) is 0 Å². The zero-order valence-corrected chi connectivity index (χ0v) is 7.51. The molecule has 0 aliphatic heterocycles. The van der Waals surface area contributed by atoms with E-state index in [1.807, 2.05) is 0 Å². The number of nitrogens with zero attached hydrogens (tertiary/aromatic N) is 3. The number of aliphatic carboxylic acids is 1. The molecule has 0 aliphatic rings. The molecule has 7 nitrogen and oxygen atoms in total. The molecular formula is C7H9N3O4. The maximum atomic E-state index is 10.8. The first-order valence-electron chi connectivity index (χ1n) is 3.58.